The molecule has 158 valence electrons. The highest BCUT2D eigenvalue weighted by atomic mass is 32.1. The van der Waals surface area contributed by atoms with E-state index in [9.17, 15) is 22.4 Å². The van der Waals surface area contributed by atoms with E-state index < -0.39 is 17.7 Å². The molecule has 1 fully saturated rings. The van der Waals surface area contributed by atoms with Crippen molar-refractivity contribution in [3.05, 3.63) is 58.2 Å². The molecule has 4 nitrogen and oxygen atoms in total. The van der Waals surface area contributed by atoms with Gasteiger partial charge in [-0.2, -0.15) is 13.2 Å². The van der Waals surface area contributed by atoms with Crippen molar-refractivity contribution in [2.75, 3.05) is 5.32 Å². The number of carbonyl (C=O) groups is 1. The minimum Gasteiger partial charge on any atom is -0.382 e. The van der Waals surface area contributed by atoms with Crippen LogP contribution >= 0.6 is 11.3 Å². The minimum absolute atomic E-state index is 0.00998. The van der Waals surface area contributed by atoms with Crippen LogP contribution in [0.5, 0.6) is 0 Å². The van der Waals surface area contributed by atoms with E-state index in [2.05, 4.69) is 15.6 Å². The van der Waals surface area contributed by atoms with Gasteiger partial charge in [-0.3, -0.25) is 4.79 Å². The smallest absolute Gasteiger partial charge is 0.382 e. The minimum atomic E-state index is -4.52. The van der Waals surface area contributed by atoms with Crippen molar-refractivity contribution in [2.45, 2.75) is 43.9 Å². The number of pyridine rings is 1. The SMILES string of the molecule is O=C(N[C@H]1CC[C@@H](Nc2cc(C(F)(F)F)nc3ccccc23)CC1)c1cc(F)cs1. The van der Waals surface area contributed by atoms with Gasteiger partial charge in [-0.25, -0.2) is 9.37 Å². The number of hydrogen-bond donors (Lipinski definition) is 2. The molecule has 0 radical (unpaired) electrons. The first-order valence-corrected chi connectivity index (χ1v) is 10.5. The largest absolute Gasteiger partial charge is 0.433 e. The van der Waals surface area contributed by atoms with Crippen molar-refractivity contribution in [3.8, 4) is 0 Å². The quantitative estimate of drug-likeness (QED) is 0.522. The maximum Gasteiger partial charge on any atom is 0.433 e. The number of amides is 1. The number of alkyl halides is 3. The van der Waals surface area contributed by atoms with Crippen LogP contribution in [0.25, 0.3) is 10.9 Å². The summed E-state index contributed by atoms with van der Waals surface area (Å²) in [5.41, 5.74) is -0.221. The predicted molar refractivity (Wildman–Crippen MR) is 108 cm³/mol. The second kappa shape index (κ2) is 8.22. The molecule has 1 amide bonds. The number of halogens is 4. The van der Waals surface area contributed by atoms with E-state index in [-0.39, 0.29) is 18.0 Å². The Balaban J connectivity index is 1.42. The molecule has 3 aromatic rings. The summed E-state index contributed by atoms with van der Waals surface area (Å²) in [5, 5.41) is 8.08. The van der Waals surface area contributed by atoms with Crippen molar-refractivity contribution in [1.29, 1.82) is 0 Å². The zero-order chi connectivity index (χ0) is 21.3. The highest BCUT2D eigenvalue weighted by Gasteiger charge is 2.34. The number of anilines is 1. The van der Waals surface area contributed by atoms with Crippen LogP contribution in [-0.4, -0.2) is 23.0 Å². The summed E-state index contributed by atoms with van der Waals surface area (Å²) in [6.45, 7) is 0. The van der Waals surface area contributed by atoms with Gasteiger partial charge in [-0.15, -0.1) is 11.3 Å². The Morgan fingerprint density at radius 2 is 1.77 bits per heavy atom. The van der Waals surface area contributed by atoms with Gasteiger partial charge in [-0.05, 0) is 43.9 Å². The lowest BCUT2D eigenvalue weighted by molar-refractivity contribution is -0.140. The molecule has 1 aliphatic rings. The Morgan fingerprint density at radius 1 is 1.07 bits per heavy atom. The van der Waals surface area contributed by atoms with Gasteiger partial charge in [0, 0.05) is 28.5 Å². The van der Waals surface area contributed by atoms with Crippen LogP contribution in [0.4, 0.5) is 23.2 Å². The molecule has 0 unspecified atom stereocenters. The second-order valence-corrected chi connectivity index (χ2v) is 8.28. The first-order chi connectivity index (χ1) is 14.3. The van der Waals surface area contributed by atoms with Crippen molar-refractivity contribution >= 4 is 33.8 Å². The van der Waals surface area contributed by atoms with Crippen LogP contribution < -0.4 is 10.6 Å². The van der Waals surface area contributed by atoms with Crippen LogP contribution in [-0.2, 0) is 6.18 Å². The summed E-state index contributed by atoms with van der Waals surface area (Å²) in [5.74, 6) is -0.726. The first-order valence-electron chi connectivity index (χ1n) is 9.58. The third-order valence-electron chi connectivity index (χ3n) is 5.22. The number of carbonyl (C=O) groups excluding carboxylic acids is 1. The number of thiophene rings is 1. The highest BCUT2D eigenvalue weighted by molar-refractivity contribution is 7.12. The molecule has 1 aromatic carbocycles. The van der Waals surface area contributed by atoms with Crippen LogP contribution in [0, 0.1) is 5.82 Å². The summed E-state index contributed by atoms with van der Waals surface area (Å²) >= 11 is 1.06. The maximum atomic E-state index is 13.2. The Bertz CT molecular complexity index is 1060. The molecule has 0 aliphatic heterocycles. The van der Waals surface area contributed by atoms with E-state index in [1.165, 1.54) is 11.4 Å². The lowest BCUT2D eigenvalue weighted by Crippen LogP contribution is -2.40. The number of hydrogen-bond acceptors (Lipinski definition) is 4. The first kappa shape index (κ1) is 20.6. The number of aromatic nitrogens is 1. The molecular formula is C21H19F4N3OS. The van der Waals surface area contributed by atoms with E-state index in [1.54, 1.807) is 24.3 Å². The second-order valence-electron chi connectivity index (χ2n) is 7.37. The van der Waals surface area contributed by atoms with Crippen molar-refractivity contribution in [2.24, 2.45) is 0 Å². The molecule has 2 N–H and O–H groups in total. The summed E-state index contributed by atoms with van der Waals surface area (Å²) in [7, 11) is 0. The molecular weight excluding hydrogens is 418 g/mol. The van der Waals surface area contributed by atoms with Gasteiger partial charge in [0.05, 0.1) is 10.4 Å². The van der Waals surface area contributed by atoms with Crippen molar-refractivity contribution in [1.82, 2.24) is 10.3 Å². The third-order valence-corrected chi connectivity index (χ3v) is 6.12. The average molecular weight is 437 g/mol. The number of nitrogens with zero attached hydrogens (tertiary/aromatic N) is 1. The molecule has 30 heavy (non-hydrogen) atoms. The Labute approximate surface area is 174 Å². The molecule has 1 saturated carbocycles. The van der Waals surface area contributed by atoms with Crippen LogP contribution in [0.3, 0.4) is 0 Å². The molecule has 2 aromatic heterocycles. The van der Waals surface area contributed by atoms with Gasteiger partial charge in [0.25, 0.3) is 5.91 Å². The number of fused-ring (bicyclic) bond motifs is 1. The fraction of sp³-hybridized carbons (Fsp3) is 0.333. The van der Waals surface area contributed by atoms with E-state index in [1.807, 2.05) is 0 Å². The normalized spacial score (nSPS) is 19.6. The summed E-state index contributed by atoms with van der Waals surface area (Å²) in [4.78, 5) is 16.2. The van der Waals surface area contributed by atoms with Crippen molar-refractivity contribution < 1.29 is 22.4 Å². The number of para-hydroxylation sites is 1. The Morgan fingerprint density at radius 3 is 2.43 bits per heavy atom. The zero-order valence-corrected chi connectivity index (χ0v) is 16.6. The highest BCUT2D eigenvalue weighted by Crippen LogP contribution is 2.34. The summed E-state index contributed by atoms with van der Waals surface area (Å²) in [6, 6.07) is 8.95. The number of benzene rings is 1. The van der Waals surface area contributed by atoms with E-state index in [0.717, 1.165) is 17.4 Å². The van der Waals surface area contributed by atoms with Gasteiger partial charge in [-0.1, -0.05) is 18.2 Å². The zero-order valence-electron chi connectivity index (χ0n) is 15.8. The average Bonchev–Trinajstić information content (AvgIpc) is 3.15. The van der Waals surface area contributed by atoms with Crippen molar-refractivity contribution in [3.63, 3.8) is 0 Å². The molecule has 0 saturated heterocycles. The topological polar surface area (TPSA) is 54.0 Å². The predicted octanol–water partition coefficient (Wildman–Crippen LogP) is 5.61. The van der Waals surface area contributed by atoms with Gasteiger partial charge < -0.3 is 10.6 Å². The monoisotopic (exact) mass is 437 g/mol. The molecule has 4 rings (SSSR count). The molecule has 0 spiro atoms. The Kier molecular flexibility index (Phi) is 5.64. The van der Waals surface area contributed by atoms with E-state index >= 15 is 0 Å². The van der Waals surface area contributed by atoms with E-state index in [0.29, 0.717) is 47.2 Å². The van der Waals surface area contributed by atoms with Gasteiger partial charge in [0.15, 0.2) is 0 Å². The lowest BCUT2D eigenvalue weighted by atomic mass is 9.90. The number of nitrogens with one attached hydrogen (secondary N) is 2. The lowest BCUT2D eigenvalue weighted by Gasteiger charge is -2.30. The van der Waals surface area contributed by atoms with Crippen LogP contribution in [0.2, 0.25) is 0 Å². The standard InChI is InChI=1S/C21H19F4N3OS/c22-12-9-18(30-11-12)20(29)27-14-7-5-13(6-8-14)26-17-10-19(21(23,24)25)28-16-4-2-1-3-15(16)17/h1-4,9-11,13-14H,5-8H2,(H,26,28)(H,27,29)/t13-,14+. The molecule has 0 atom stereocenters. The maximum absolute atomic E-state index is 13.2. The van der Waals surface area contributed by atoms with Crippen LogP contribution in [0.15, 0.2) is 41.8 Å². The summed E-state index contributed by atoms with van der Waals surface area (Å²) in [6.07, 6.45) is -1.76. The molecule has 1 aliphatic carbocycles. The fourth-order valence-electron chi connectivity index (χ4n) is 3.73. The van der Waals surface area contributed by atoms with Gasteiger partial charge in [0.1, 0.15) is 11.5 Å². The fourth-order valence-corrected chi connectivity index (χ4v) is 4.38. The molecule has 9 heteroatoms. The van der Waals surface area contributed by atoms with Gasteiger partial charge in [0.2, 0.25) is 0 Å². The molecule has 0 bridgehead atoms. The van der Waals surface area contributed by atoms with E-state index in [4.69, 9.17) is 0 Å². The Hall–Kier alpha value is -2.68. The van der Waals surface area contributed by atoms with Gasteiger partial charge >= 0.3 is 6.18 Å². The number of rotatable bonds is 4. The molecule has 2 heterocycles. The summed E-state index contributed by atoms with van der Waals surface area (Å²) < 4.78 is 52.8. The third kappa shape index (κ3) is 4.56. The van der Waals surface area contributed by atoms with Crippen LogP contribution in [0.1, 0.15) is 41.0 Å².